The lowest BCUT2D eigenvalue weighted by molar-refractivity contribution is -0.127. The smallest absolute Gasteiger partial charge is 0.237 e. The molecule has 0 unspecified atom stereocenters. The van der Waals surface area contributed by atoms with Gasteiger partial charge in [0.05, 0.1) is 0 Å². The Hall–Kier alpha value is -0.830. The van der Waals surface area contributed by atoms with Crippen molar-refractivity contribution in [1.82, 2.24) is 5.43 Å². The molecule has 3 aliphatic rings. The Morgan fingerprint density at radius 3 is 2.67 bits per heavy atom. The van der Waals surface area contributed by atoms with Gasteiger partial charge in [-0.25, -0.2) is 5.84 Å². The minimum Gasteiger partial charge on any atom is -0.294 e. The van der Waals surface area contributed by atoms with Crippen molar-refractivity contribution in [2.45, 2.75) is 19.3 Å². The average Bonchev–Trinajstić information content (AvgIpc) is 2.18. The number of carbonyl (C=O) groups excluding carboxylic acids is 1. The van der Waals surface area contributed by atoms with Crippen molar-refractivity contribution in [1.29, 1.82) is 0 Å². The molecule has 1 fully saturated rings. The first-order chi connectivity index (χ1) is 5.81. The van der Waals surface area contributed by atoms with Crippen LogP contribution in [0.2, 0.25) is 0 Å². The molecule has 0 aliphatic heterocycles. The first-order valence-corrected chi connectivity index (χ1v) is 4.50. The van der Waals surface area contributed by atoms with Gasteiger partial charge in [-0.15, -0.1) is 0 Å². The number of hydrogen-bond acceptors (Lipinski definition) is 2. The minimum atomic E-state index is 0.00838. The van der Waals surface area contributed by atoms with Crippen LogP contribution in [0.15, 0.2) is 12.2 Å². The standard InChI is InChI=1S/C9H14N2O/c10-11-9(12)8-5-6-1-3-7(8)4-2-6/h1,3,6-8H,2,4-5,10H2,(H,11,12)/t6-,7+,8-/m0/s1. The van der Waals surface area contributed by atoms with Crippen molar-refractivity contribution in [3.63, 3.8) is 0 Å². The molecule has 0 radical (unpaired) electrons. The number of hydrazine groups is 1. The fourth-order valence-corrected chi connectivity index (χ4v) is 2.34. The maximum atomic E-state index is 11.3. The van der Waals surface area contributed by atoms with E-state index < -0.39 is 0 Å². The highest BCUT2D eigenvalue weighted by Gasteiger charge is 2.35. The van der Waals surface area contributed by atoms with Gasteiger partial charge in [0, 0.05) is 5.92 Å². The molecule has 12 heavy (non-hydrogen) atoms. The van der Waals surface area contributed by atoms with Crippen LogP contribution in [0, 0.1) is 17.8 Å². The lowest BCUT2D eigenvalue weighted by Gasteiger charge is -2.36. The molecule has 0 aromatic carbocycles. The lowest BCUT2D eigenvalue weighted by atomic mass is 9.69. The van der Waals surface area contributed by atoms with E-state index in [4.69, 9.17) is 5.84 Å². The zero-order valence-corrected chi connectivity index (χ0v) is 6.99. The van der Waals surface area contributed by atoms with Crippen molar-refractivity contribution in [3.05, 3.63) is 12.2 Å². The first kappa shape index (κ1) is 7.80. The average molecular weight is 166 g/mol. The molecule has 1 saturated carbocycles. The van der Waals surface area contributed by atoms with E-state index in [9.17, 15) is 4.79 Å². The molecular formula is C9H14N2O. The van der Waals surface area contributed by atoms with Gasteiger partial charge in [0.15, 0.2) is 0 Å². The van der Waals surface area contributed by atoms with Crippen LogP contribution in [0.3, 0.4) is 0 Å². The summed E-state index contributed by atoms with van der Waals surface area (Å²) in [4.78, 5) is 11.3. The number of allylic oxidation sites excluding steroid dienone is 2. The molecule has 1 amide bonds. The van der Waals surface area contributed by atoms with Crippen LogP contribution in [0.1, 0.15) is 19.3 Å². The van der Waals surface area contributed by atoms with Crippen LogP contribution in [0.5, 0.6) is 0 Å². The molecule has 66 valence electrons. The molecule has 2 bridgehead atoms. The highest BCUT2D eigenvalue weighted by atomic mass is 16.2. The fourth-order valence-electron chi connectivity index (χ4n) is 2.34. The summed E-state index contributed by atoms with van der Waals surface area (Å²) < 4.78 is 0. The zero-order valence-electron chi connectivity index (χ0n) is 6.99. The quantitative estimate of drug-likeness (QED) is 0.259. The molecule has 3 rings (SSSR count). The molecule has 0 heterocycles. The topological polar surface area (TPSA) is 55.1 Å². The second-order valence-electron chi connectivity index (χ2n) is 3.74. The van der Waals surface area contributed by atoms with Crippen LogP contribution in [-0.4, -0.2) is 5.91 Å². The minimum absolute atomic E-state index is 0.00838. The molecule has 3 N–H and O–H groups in total. The first-order valence-electron chi connectivity index (χ1n) is 4.50. The van der Waals surface area contributed by atoms with Crippen LogP contribution in [0.25, 0.3) is 0 Å². The Morgan fingerprint density at radius 2 is 2.25 bits per heavy atom. The highest BCUT2D eigenvalue weighted by Crippen LogP contribution is 2.40. The molecule has 3 aliphatic carbocycles. The molecule has 3 nitrogen and oxygen atoms in total. The van der Waals surface area contributed by atoms with E-state index in [-0.39, 0.29) is 11.8 Å². The number of carbonyl (C=O) groups is 1. The Balaban J connectivity index is 2.11. The zero-order chi connectivity index (χ0) is 8.55. The normalized spacial score (nSPS) is 38.2. The van der Waals surface area contributed by atoms with Gasteiger partial charge in [0.25, 0.3) is 0 Å². The number of fused-ring (bicyclic) bond motifs is 2. The number of nitrogens with two attached hydrogens (primary N) is 1. The maximum Gasteiger partial charge on any atom is 0.237 e. The molecule has 3 heteroatoms. The van der Waals surface area contributed by atoms with E-state index in [2.05, 4.69) is 17.6 Å². The number of rotatable bonds is 1. The highest BCUT2D eigenvalue weighted by molar-refractivity contribution is 5.78. The van der Waals surface area contributed by atoms with Gasteiger partial charge in [-0.1, -0.05) is 12.2 Å². The summed E-state index contributed by atoms with van der Waals surface area (Å²) in [6, 6.07) is 0. The van der Waals surface area contributed by atoms with Gasteiger partial charge in [-0.2, -0.15) is 0 Å². The van der Waals surface area contributed by atoms with Crippen LogP contribution in [-0.2, 0) is 4.79 Å². The van der Waals surface area contributed by atoms with Crippen molar-refractivity contribution in [3.8, 4) is 0 Å². The summed E-state index contributed by atoms with van der Waals surface area (Å²) in [5.41, 5.74) is 2.25. The van der Waals surface area contributed by atoms with Gasteiger partial charge in [-0.3, -0.25) is 10.2 Å². The van der Waals surface area contributed by atoms with Crippen LogP contribution >= 0.6 is 0 Å². The summed E-state index contributed by atoms with van der Waals surface area (Å²) >= 11 is 0. The largest absolute Gasteiger partial charge is 0.294 e. The predicted octanol–water partition coefficient (Wildman–Crippen LogP) is 0.579. The number of amides is 1. The van der Waals surface area contributed by atoms with Crippen molar-refractivity contribution >= 4 is 5.91 Å². The van der Waals surface area contributed by atoms with E-state index in [0.29, 0.717) is 11.8 Å². The second-order valence-corrected chi connectivity index (χ2v) is 3.74. The second kappa shape index (κ2) is 2.90. The summed E-state index contributed by atoms with van der Waals surface area (Å²) in [5, 5.41) is 0. The van der Waals surface area contributed by atoms with E-state index in [0.717, 1.165) is 12.8 Å². The predicted molar refractivity (Wildman–Crippen MR) is 45.8 cm³/mol. The number of nitrogens with one attached hydrogen (secondary N) is 1. The third-order valence-corrected chi connectivity index (χ3v) is 3.05. The lowest BCUT2D eigenvalue weighted by Crippen LogP contribution is -2.42. The van der Waals surface area contributed by atoms with Gasteiger partial charge in [0.1, 0.15) is 0 Å². The van der Waals surface area contributed by atoms with E-state index >= 15 is 0 Å². The number of hydrogen-bond donors (Lipinski definition) is 2. The molecule has 0 aromatic heterocycles. The molecule has 3 atom stereocenters. The van der Waals surface area contributed by atoms with Crippen molar-refractivity contribution in [2.24, 2.45) is 23.6 Å². The van der Waals surface area contributed by atoms with Gasteiger partial charge in [0.2, 0.25) is 5.91 Å². The molecular weight excluding hydrogens is 152 g/mol. The van der Waals surface area contributed by atoms with E-state index in [1.165, 1.54) is 6.42 Å². The van der Waals surface area contributed by atoms with E-state index in [1.807, 2.05) is 0 Å². The van der Waals surface area contributed by atoms with Crippen LogP contribution < -0.4 is 11.3 Å². The Kier molecular flexibility index (Phi) is 1.89. The third kappa shape index (κ3) is 1.14. The van der Waals surface area contributed by atoms with Gasteiger partial charge in [-0.05, 0) is 31.1 Å². The van der Waals surface area contributed by atoms with Gasteiger partial charge >= 0.3 is 0 Å². The summed E-state index contributed by atoms with van der Waals surface area (Å²) in [6.45, 7) is 0. The molecule has 0 spiro atoms. The van der Waals surface area contributed by atoms with Crippen molar-refractivity contribution in [2.75, 3.05) is 0 Å². The Labute approximate surface area is 72.0 Å². The Morgan fingerprint density at radius 1 is 1.42 bits per heavy atom. The molecule has 0 aromatic rings. The maximum absolute atomic E-state index is 11.3. The van der Waals surface area contributed by atoms with Gasteiger partial charge < -0.3 is 0 Å². The fraction of sp³-hybridized carbons (Fsp3) is 0.667. The monoisotopic (exact) mass is 166 g/mol. The Bertz CT molecular complexity index is 225. The van der Waals surface area contributed by atoms with E-state index in [1.54, 1.807) is 0 Å². The molecule has 0 saturated heterocycles. The van der Waals surface area contributed by atoms with Crippen LogP contribution in [0.4, 0.5) is 0 Å². The van der Waals surface area contributed by atoms with Crippen molar-refractivity contribution < 1.29 is 4.79 Å². The third-order valence-electron chi connectivity index (χ3n) is 3.05. The SMILES string of the molecule is NNC(=O)[C@H]1C[C@H]2C=C[C@@H]1CC2. The summed E-state index contributed by atoms with van der Waals surface area (Å²) in [7, 11) is 0. The summed E-state index contributed by atoms with van der Waals surface area (Å²) in [5.74, 6) is 6.32. The summed E-state index contributed by atoms with van der Waals surface area (Å²) in [6.07, 6.45) is 7.81.